The van der Waals surface area contributed by atoms with E-state index >= 15 is 0 Å². The molecular weight excluding hydrogens is 297 g/mol. The number of nitrogens with zero attached hydrogens (tertiary/aromatic N) is 1. The molecule has 0 saturated heterocycles. The molecule has 1 aromatic rings. The third-order valence-electron chi connectivity index (χ3n) is 2.96. The number of nitriles is 1. The van der Waals surface area contributed by atoms with Crippen LogP contribution in [0.2, 0.25) is 0 Å². The minimum atomic E-state index is -4.03. The highest BCUT2D eigenvalue weighted by Crippen LogP contribution is 2.19. The van der Waals surface area contributed by atoms with E-state index in [0.29, 0.717) is 0 Å². The molecule has 2 N–H and O–H groups in total. The number of hydrogen-bond donors (Lipinski definition) is 2. The van der Waals surface area contributed by atoms with E-state index in [1.54, 1.807) is 0 Å². The van der Waals surface area contributed by atoms with Gasteiger partial charge in [-0.05, 0) is 25.0 Å². The van der Waals surface area contributed by atoms with Gasteiger partial charge in [-0.25, -0.2) is 17.5 Å². The van der Waals surface area contributed by atoms with Gasteiger partial charge in [0.15, 0.2) is 0 Å². The van der Waals surface area contributed by atoms with Crippen molar-refractivity contribution in [2.45, 2.75) is 30.2 Å². The lowest BCUT2D eigenvalue weighted by atomic mass is 10.2. The van der Waals surface area contributed by atoms with Gasteiger partial charge in [0.25, 0.3) is 0 Å². The van der Waals surface area contributed by atoms with Crippen molar-refractivity contribution >= 4 is 15.9 Å². The maximum atomic E-state index is 13.4. The van der Waals surface area contributed by atoms with Crippen LogP contribution in [0.4, 0.5) is 4.39 Å². The predicted molar refractivity (Wildman–Crippen MR) is 72.1 cm³/mol. The summed E-state index contributed by atoms with van der Waals surface area (Å²) in [5.74, 6) is -1.13. The van der Waals surface area contributed by atoms with E-state index in [1.807, 2.05) is 0 Å². The lowest BCUT2D eigenvalue weighted by molar-refractivity contribution is -0.121. The van der Waals surface area contributed by atoms with Gasteiger partial charge >= 0.3 is 0 Å². The zero-order valence-electron chi connectivity index (χ0n) is 11.1. The average molecular weight is 311 g/mol. The highest BCUT2D eigenvalue weighted by Gasteiger charge is 2.24. The number of sulfonamides is 1. The van der Waals surface area contributed by atoms with Crippen molar-refractivity contribution in [3.63, 3.8) is 0 Å². The van der Waals surface area contributed by atoms with Crippen molar-refractivity contribution in [2.75, 3.05) is 6.54 Å². The Bertz CT molecular complexity index is 693. The van der Waals surface area contributed by atoms with Crippen molar-refractivity contribution in [2.24, 2.45) is 0 Å². The highest BCUT2D eigenvalue weighted by molar-refractivity contribution is 7.89. The second kappa shape index (κ2) is 6.20. The Morgan fingerprint density at radius 2 is 2.14 bits per heavy atom. The summed E-state index contributed by atoms with van der Waals surface area (Å²) in [4.78, 5) is 11.0. The van der Waals surface area contributed by atoms with Crippen LogP contribution in [0.25, 0.3) is 0 Å². The predicted octanol–water partition coefficient (Wildman–Crippen LogP) is 0.644. The number of hydrogen-bond acceptors (Lipinski definition) is 4. The Morgan fingerprint density at radius 3 is 2.76 bits per heavy atom. The van der Waals surface area contributed by atoms with Crippen LogP contribution in [-0.4, -0.2) is 26.9 Å². The largest absolute Gasteiger partial charge is 0.353 e. The maximum Gasteiger partial charge on any atom is 0.242 e. The molecule has 0 spiro atoms. The molecule has 1 saturated carbocycles. The number of nitrogens with one attached hydrogen (secondary N) is 2. The Balaban J connectivity index is 2.00. The maximum absolute atomic E-state index is 13.4. The van der Waals surface area contributed by atoms with Gasteiger partial charge in [-0.15, -0.1) is 0 Å². The van der Waals surface area contributed by atoms with Crippen molar-refractivity contribution in [1.29, 1.82) is 5.26 Å². The first-order valence-electron chi connectivity index (χ1n) is 6.41. The van der Waals surface area contributed by atoms with E-state index in [-0.39, 0.29) is 24.9 Å². The fourth-order valence-corrected chi connectivity index (χ4v) is 2.94. The van der Waals surface area contributed by atoms with Gasteiger partial charge in [-0.3, -0.25) is 4.79 Å². The topological polar surface area (TPSA) is 99.1 Å². The molecule has 0 heterocycles. The molecule has 8 heteroatoms. The summed E-state index contributed by atoms with van der Waals surface area (Å²) >= 11 is 0. The second-order valence-corrected chi connectivity index (χ2v) is 6.45. The van der Waals surface area contributed by atoms with Crippen LogP contribution in [0.15, 0.2) is 23.1 Å². The minimum Gasteiger partial charge on any atom is -0.353 e. The minimum absolute atomic E-state index is 0.00701. The van der Waals surface area contributed by atoms with Crippen LogP contribution in [0.5, 0.6) is 0 Å². The third kappa shape index (κ3) is 4.00. The van der Waals surface area contributed by atoms with Gasteiger partial charge in [-0.1, -0.05) is 6.07 Å². The van der Waals surface area contributed by atoms with Crippen LogP contribution in [-0.2, 0) is 14.8 Å². The van der Waals surface area contributed by atoms with Gasteiger partial charge in [0, 0.05) is 19.0 Å². The monoisotopic (exact) mass is 311 g/mol. The van der Waals surface area contributed by atoms with Gasteiger partial charge in [-0.2, -0.15) is 5.26 Å². The van der Waals surface area contributed by atoms with Crippen molar-refractivity contribution in [3.8, 4) is 6.07 Å². The van der Waals surface area contributed by atoms with E-state index in [0.717, 1.165) is 25.0 Å². The quantitative estimate of drug-likeness (QED) is 0.805. The molecule has 112 valence electrons. The van der Waals surface area contributed by atoms with Gasteiger partial charge in [0.1, 0.15) is 22.3 Å². The fraction of sp³-hybridized carbons (Fsp3) is 0.385. The fourth-order valence-electron chi connectivity index (χ4n) is 1.74. The summed E-state index contributed by atoms with van der Waals surface area (Å²) in [6.45, 7) is -0.109. The van der Waals surface area contributed by atoms with Gasteiger partial charge in [0.05, 0.1) is 0 Å². The van der Waals surface area contributed by atoms with Crippen LogP contribution in [0.3, 0.4) is 0 Å². The Hall–Kier alpha value is -1.98. The average Bonchev–Trinajstić information content (AvgIpc) is 3.22. The molecule has 0 aromatic heterocycles. The molecule has 6 nitrogen and oxygen atoms in total. The van der Waals surface area contributed by atoms with E-state index in [9.17, 15) is 17.6 Å². The molecule has 1 aromatic carbocycles. The van der Waals surface area contributed by atoms with Gasteiger partial charge in [0.2, 0.25) is 15.9 Å². The summed E-state index contributed by atoms with van der Waals surface area (Å²) in [5, 5.41) is 11.6. The number of carbonyl (C=O) groups excluding carboxylic acids is 1. The summed E-state index contributed by atoms with van der Waals surface area (Å²) in [5.41, 5.74) is -0.535. The van der Waals surface area contributed by atoms with Crippen LogP contribution >= 0.6 is 0 Å². The first-order valence-corrected chi connectivity index (χ1v) is 7.90. The summed E-state index contributed by atoms with van der Waals surface area (Å²) in [6, 6.07) is 5.12. The Labute approximate surface area is 122 Å². The van der Waals surface area contributed by atoms with E-state index in [2.05, 4.69) is 10.0 Å². The van der Waals surface area contributed by atoms with Crippen molar-refractivity contribution in [3.05, 3.63) is 29.6 Å². The van der Waals surface area contributed by atoms with Gasteiger partial charge < -0.3 is 5.32 Å². The molecule has 1 aliphatic rings. The summed E-state index contributed by atoms with van der Waals surface area (Å²) < 4.78 is 39.6. The molecule has 0 unspecified atom stereocenters. The van der Waals surface area contributed by atoms with E-state index in [1.165, 1.54) is 12.1 Å². The normalized spacial score (nSPS) is 14.5. The molecule has 1 fully saturated rings. The van der Waals surface area contributed by atoms with E-state index in [4.69, 9.17) is 5.26 Å². The zero-order valence-corrected chi connectivity index (χ0v) is 11.9. The molecule has 21 heavy (non-hydrogen) atoms. The first kappa shape index (κ1) is 15.4. The smallest absolute Gasteiger partial charge is 0.242 e. The number of benzene rings is 1. The Morgan fingerprint density at radius 1 is 1.43 bits per heavy atom. The zero-order chi connectivity index (χ0) is 15.5. The first-order chi connectivity index (χ1) is 9.94. The summed E-state index contributed by atoms with van der Waals surface area (Å²) in [6.07, 6.45) is 1.89. The van der Waals surface area contributed by atoms with Crippen LogP contribution < -0.4 is 10.0 Å². The standard InChI is InChI=1S/C13H14FN3O3S/c14-11-2-1-3-12(10(11)8-15)21(19,20)16-7-6-13(18)17-9-4-5-9/h1-3,9,16H,4-7H2,(H,17,18). The molecule has 2 rings (SSSR count). The second-order valence-electron chi connectivity index (χ2n) is 4.71. The molecule has 0 aliphatic heterocycles. The van der Waals surface area contributed by atoms with Crippen molar-refractivity contribution in [1.82, 2.24) is 10.0 Å². The lowest BCUT2D eigenvalue weighted by Crippen LogP contribution is -2.32. The molecule has 0 atom stereocenters. The molecule has 0 bridgehead atoms. The lowest BCUT2D eigenvalue weighted by Gasteiger charge is -2.08. The number of amides is 1. The number of halogens is 1. The molecule has 0 radical (unpaired) electrons. The van der Waals surface area contributed by atoms with Crippen LogP contribution in [0, 0.1) is 17.1 Å². The SMILES string of the molecule is N#Cc1c(F)cccc1S(=O)(=O)NCCC(=O)NC1CC1. The molecular formula is C13H14FN3O3S. The molecule has 1 aliphatic carbocycles. The number of carbonyl (C=O) groups is 1. The summed E-state index contributed by atoms with van der Waals surface area (Å²) in [7, 11) is -4.03. The van der Waals surface area contributed by atoms with Crippen molar-refractivity contribution < 1.29 is 17.6 Å². The highest BCUT2D eigenvalue weighted by atomic mass is 32.2. The Kier molecular flexibility index (Phi) is 4.55. The third-order valence-corrected chi connectivity index (χ3v) is 4.47. The van der Waals surface area contributed by atoms with Crippen LogP contribution in [0.1, 0.15) is 24.8 Å². The van der Waals surface area contributed by atoms with E-state index < -0.39 is 26.3 Å². The molecule has 1 amide bonds. The number of rotatable bonds is 6.